The first kappa shape index (κ1) is 13.9. The first-order valence-electron chi connectivity index (χ1n) is 6.29. The van der Waals surface area contributed by atoms with Crippen molar-refractivity contribution in [3.05, 3.63) is 41.5 Å². The average molecular weight is 269 g/mol. The van der Waals surface area contributed by atoms with Crippen LogP contribution in [0.2, 0.25) is 0 Å². The fourth-order valence-corrected chi connectivity index (χ4v) is 2.07. The second-order valence-corrected chi connectivity index (χ2v) is 4.62. The van der Waals surface area contributed by atoms with Gasteiger partial charge in [-0.3, -0.25) is 0 Å². The zero-order valence-electron chi connectivity index (χ0n) is 11.6. The van der Waals surface area contributed by atoms with Gasteiger partial charge in [0.1, 0.15) is 11.6 Å². The van der Waals surface area contributed by atoms with Crippen molar-refractivity contribution in [2.75, 3.05) is 7.11 Å². The highest BCUT2D eigenvalue weighted by Gasteiger charge is 2.22. The highest BCUT2D eigenvalue weighted by molar-refractivity contribution is 6.08. The first-order valence-corrected chi connectivity index (χ1v) is 6.29. The minimum atomic E-state index is -0.506. The van der Waals surface area contributed by atoms with Gasteiger partial charge >= 0.3 is 5.97 Å². The lowest BCUT2D eigenvalue weighted by molar-refractivity contribution is 0.0597. The molecule has 0 bridgehead atoms. The summed E-state index contributed by atoms with van der Waals surface area (Å²) in [5.74, 6) is -0.220. The molecule has 2 rings (SSSR count). The maximum Gasteiger partial charge on any atom is 0.342 e. The first-order chi connectivity index (χ1) is 9.58. The van der Waals surface area contributed by atoms with E-state index >= 15 is 0 Å². The van der Waals surface area contributed by atoms with Crippen LogP contribution in [0, 0.1) is 11.3 Å². The lowest BCUT2D eigenvalue weighted by Gasteiger charge is -2.16. The van der Waals surface area contributed by atoms with E-state index in [1.165, 1.54) is 7.11 Å². The van der Waals surface area contributed by atoms with E-state index in [4.69, 9.17) is 9.47 Å². The molecule has 102 valence electrons. The largest absolute Gasteiger partial charge is 0.489 e. The molecule has 2 aromatic rings. The molecule has 4 heteroatoms. The van der Waals surface area contributed by atoms with E-state index in [9.17, 15) is 10.1 Å². The van der Waals surface area contributed by atoms with Gasteiger partial charge in [0.2, 0.25) is 0 Å². The van der Waals surface area contributed by atoms with Crippen molar-refractivity contribution in [1.82, 2.24) is 0 Å². The number of methoxy groups -OCH3 is 1. The molecule has 0 amide bonds. The Kier molecular flexibility index (Phi) is 3.90. The number of esters is 1. The molecule has 0 spiro atoms. The molecule has 0 aromatic heterocycles. The molecule has 0 N–H and O–H groups in total. The van der Waals surface area contributed by atoms with E-state index in [0.717, 1.165) is 5.39 Å². The van der Waals surface area contributed by atoms with Crippen molar-refractivity contribution in [1.29, 1.82) is 5.26 Å². The van der Waals surface area contributed by atoms with Gasteiger partial charge in [-0.25, -0.2) is 4.79 Å². The van der Waals surface area contributed by atoms with Gasteiger partial charge < -0.3 is 9.47 Å². The molecule has 0 aliphatic heterocycles. The summed E-state index contributed by atoms with van der Waals surface area (Å²) in [6, 6.07) is 11.2. The van der Waals surface area contributed by atoms with Gasteiger partial charge in [0.15, 0.2) is 5.75 Å². The summed E-state index contributed by atoms with van der Waals surface area (Å²) in [6.45, 7) is 3.69. The van der Waals surface area contributed by atoms with Gasteiger partial charge in [-0.2, -0.15) is 5.26 Å². The number of carbonyl (C=O) groups excluding carboxylic acids is 1. The summed E-state index contributed by atoms with van der Waals surface area (Å²) in [6.07, 6.45) is -0.147. The van der Waals surface area contributed by atoms with Gasteiger partial charge in [0.05, 0.1) is 18.8 Å². The fourth-order valence-electron chi connectivity index (χ4n) is 2.07. The average Bonchev–Trinajstić information content (AvgIpc) is 2.45. The number of rotatable bonds is 3. The zero-order chi connectivity index (χ0) is 14.7. The molecule has 0 heterocycles. The van der Waals surface area contributed by atoms with Crippen LogP contribution in [0.15, 0.2) is 30.3 Å². The summed E-state index contributed by atoms with van der Waals surface area (Å²) in [7, 11) is 1.31. The molecular weight excluding hydrogens is 254 g/mol. The molecule has 2 aromatic carbocycles. The van der Waals surface area contributed by atoms with Gasteiger partial charge in [0, 0.05) is 5.39 Å². The standard InChI is InChI=1S/C16H15NO3/c1-10(2)20-15-12(9-17)8-11-6-4-5-7-13(11)14(15)16(18)19-3/h4-8,10H,1-3H3. The van der Waals surface area contributed by atoms with E-state index < -0.39 is 5.97 Å². The van der Waals surface area contributed by atoms with Crippen molar-refractivity contribution >= 4 is 16.7 Å². The van der Waals surface area contributed by atoms with Crippen LogP contribution in [0.3, 0.4) is 0 Å². The molecule has 0 saturated carbocycles. The van der Waals surface area contributed by atoms with Crippen LogP contribution < -0.4 is 4.74 Å². The van der Waals surface area contributed by atoms with Crippen LogP contribution in [0.4, 0.5) is 0 Å². The predicted octanol–water partition coefficient (Wildman–Crippen LogP) is 3.29. The summed E-state index contributed by atoms with van der Waals surface area (Å²) in [4.78, 5) is 12.1. The van der Waals surface area contributed by atoms with Crippen LogP contribution in [-0.2, 0) is 4.74 Å². The van der Waals surface area contributed by atoms with E-state index in [1.54, 1.807) is 6.07 Å². The fraction of sp³-hybridized carbons (Fsp3) is 0.250. The van der Waals surface area contributed by atoms with E-state index in [2.05, 4.69) is 6.07 Å². The minimum absolute atomic E-state index is 0.147. The maximum absolute atomic E-state index is 12.1. The Labute approximate surface area is 117 Å². The monoisotopic (exact) mass is 269 g/mol. The zero-order valence-corrected chi connectivity index (χ0v) is 11.6. The number of benzene rings is 2. The molecule has 0 unspecified atom stereocenters. The van der Waals surface area contributed by atoms with Crippen LogP contribution in [-0.4, -0.2) is 19.2 Å². The van der Waals surface area contributed by atoms with Crippen LogP contribution in [0.25, 0.3) is 10.8 Å². The molecule has 0 aliphatic rings. The number of fused-ring (bicyclic) bond motifs is 1. The number of nitrogens with zero attached hydrogens (tertiary/aromatic N) is 1. The number of carbonyl (C=O) groups is 1. The van der Waals surface area contributed by atoms with Crippen molar-refractivity contribution in [3.8, 4) is 11.8 Å². The third kappa shape index (κ3) is 2.43. The number of hydrogen-bond donors (Lipinski definition) is 0. The van der Waals surface area contributed by atoms with E-state index in [-0.39, 0.29) is 11.9 Å². The molecular formula is C16H15NO3. The Morgan fingerprint density at radius 1 is 1.30 bits per heavy atom. The Balaban J connectivity index is 2.85. The third-order valence-electron chi connectivity index (χ3n) is 2.87. The van der Waals surface area contributed by atoms with Crippen molar-refractivity contribution in [3.63, 3.8) is 0 Å². The van der Waals surface area contributed by atoms with Crippen LogP contribution in [0.5, 0.6) is 5.75 Å². The number of hydrogen-bond acceptors (Lipinski definition) is 4. The van der Waals surface area contributed by atoms with Crippen LogP contribution in [0.1, 0.15) is 29.8 Å². The second kappa shape index (κ2) is 5.62. The highest BCUT2D eigenvalue weighted by Crippen LogP contribution is 2.33. The third-order valence-corrected chi connectivity index (χ3v) is 2.87. The highest BCUT2D eigenvalue weighted by atomic mass is 16.5. The number of nitriles is 1. The van der Waals surface area contributed by atoms with Gasteiger partial charge in [-0.05, 0) is 25.3 Å². The molecule has 0 saturated heterocycles. The molecule has 0 aliphatic carbocycles. The SMILES string of the molecule is COC(=O)c1c(OC(C)C)c(C#N)cc2ccccc12. The minimum Gasteiger partial charge on any atom is -0.489 e. The smallest absolute Gasteiger partial charge is 0.342 e. The quantitative estimate of drug-likeness (QED) is 0.802. The predicted molar refractivity (Wildman–Crippen MR) is 75.8 cm³/mol. The summed E-state index contributed by atoms with van der Waals surface area (Å²) in [5.41, 5.74) is 0.633. The molecule has 20 heavy (non-hydrogen) atoms. The Morgan fingerprint density at radius 2 is 2.00 bits per heavy atom. The lowest BCUT2D eigenvalue weighted by Crippen LogP contribution is -2.13. The summed E-state index contributed by atoms with van der Waals surface area (Å²) in [5, 5.41) is 10.8. The topological polar surface area (TPSA) is 59.3 Å². The van der Waals surface area contributed by atoms with Gasteiger partial charge in [-0.1, -0.05) is 24.3 Å². The molecule has 4 nitrogen and oxygen atoms in total. The summed E-state index contributed by atoms with van der Waals surface area (Å²) < 4.78 is 10.5. The van der Waals surface area contributed by atoms with Crippen LogP contribution >= 0.6 is 0 Å². The normalized spacial score (nSPS) is 10.3. The van der Waals surface area contributed by atoms with Crippen molar-refractivity contribution in [2.24, 2.45) is 0 Å². The number of ether oxygens (including phenoxy) is 2. The van der Waals surface area contributed by atoms with Crippen molar-refractivity contribution < 1.29 is 14.3 Å². The Hall–Kier alpha value is -2.54. The molecule has 0 atom stereocenters. The molecule has 0 fully saturated rings. The lowest BCUT2D eigenvalue weighted by atomic mass is 9.99. The molecule has 0 radical (unpaired) electrons. The van der Waals surface area contributed by atoms with E-state index in [0.29, 0.717) is 16.5 Å². The van der Waals surface area contributed by atoms with E-state index in [1.807, 2.05) is 38.1 Å². The Morgan fingerprint density at radius 3 is 2.60 bits per heavy atom. The maximum atomic E-state index is 12.1. The second-order valence-electron chi connectivity index (χ2n) is 4.62. The van der Waals surface area contributed by atoms with Crippen molar-refractivity contribution in [2.45, 2.75) is 20.0 Å². The van der Waals surface area contributed by atoms with Gasteiger partial charge in [0.25, 0.3) is 0 Å². The summed E-state index contributed by atoms with van der Waals surface area (Å²) >= 11 is 0. The van der Waals surface area contributed by atoms with Gasteiger partial charge in [-0.15, -0.1) is 0 Å². The Bertz CT molecular complexity index is 699.